The normalized spacial score (nSPS) is 13.6. The maximum absolute atomic E-state index is 12.4. The van der Waals surface area contributed by atoms with Crippen LogP contribution in [0.25, 0.3) is 0 Å². The monoisotopic (exact) mass is 280 g/mol. The number of hydrogen-bond donors (Lipinski definition) is 0. The van der Waals surface area contributed by atoms with Gasteiger partial charge in [-0.2, -0.15) is 35.1 Å². The first-order valence-electron chi connectivity index (χ1n) is 4.24. The Morgan fingerprint density at radius 2 is 1.17 bits per heavy atom. The zero-order valence-corrected chi connectivity index (χ0v) is 8.24. The highest BCUT2D eigenvalue weighted by molar-refractivity contribution is 5.29. The van der Waals surface area contributed by atoms with Gasteiger partial charge < -0.3 is 4.74 Å². The lowest BCUT2D eigenvalue weighted by Gasteiger charge is -2.20. The molecule has 0 unspecified atom stereocenters. The summed E-state index contributed by atoms with van der Waals surface area (Å²) in [7, 11) is 0. The van der Waals surface area contributed by atoms with Gasteiger partial charge in [0.25, 0.3) is 0 Å². The second-order valence-electron chi connectivity index (χ2n) is 3.14. The molecule has 1 rings (SSSR count). The van der Waals surface area contributed by atoms with Crippen molar-refractivity contribution in [3.63, 3.8) is 0 Å². The van der Waals surface area contributed by atoms with Gasteiger partial charge in [-0.25, -0.2) is 0 Å². The van der Waals surface area contributed by atoms with Crippen LogP contribution < -0.4 is 4.74 Å². The standard InChI is InChI=1S/C9H4F8O/c10-7(11,12)5-1-3-6(4-2-5)18-9(16,17)8(13,14)15/h1-4H. The molecule has 0 aliphatic heterocycles. The Labute approximate surface area is 95.0 Å². The number of rotatable bonds is 2. The smallest absolute Gasteiger partial charge is 0.426 e. The molecule has 1 aromatic carbocycles. The molecule has 1 aromatic rings. The van der Waals surface area contributed by atoms with Gasteiger partial charge in [0, 0.05) is 0 Å². The molecule has 18 heavy (non-hydrogen) atoms. The van der Waals surface area contributed by atoms with E-state index in [9.17, 15) is 35.1 Å². The van der Waals surface area contributed by atoms with Gasteiger partial charge in [-0.05, 0) is 24.3 Å². The fraction of sp³-hybridized carbons (Fsp3) is 0.333. The summed E-state index contributed by atoms with van der Waals surface area (Å²) in [6.07, 6.45) is -16.1. The van der Waals surface area contributed by atoms with Crippen molar-refractivity contribution < 1.29 is 39.9 Å². The molecule has 1 nitrogen and oxygen atoms in total. The van der Waals surface area contributed by atoms with E-state index in [1.54, 1.807) is 0 Å². The molecule has 0 bridgehead atoms. The van der Waals surface area contributed by atoms with Crippen LogP contribution in [0.1, 0.15) is 5.56 Å². The van der Waals surface area contributed by atoms with E-state index < -0.39 is 29.8 Å². The van der Waals surface area contributed by atoms with Crippen LogP contribution in [0.2, 0.25) is 0 Å². The Morgan fingerprint density at radius 3 is 1.50 bits per heavy atom. The first kappa shape index (κ1) is 14.5. The first-order valence-corrected chi connectivity index (χ1v) is 4.24. The quantitative estimate of drug-likeness (QED) is 0.736. The molecule has 0 aliphatic rings. The van der Waals surface area contributed by atoms with Gasteiger partial charge in [0.15, 0.2) is 0 Å². The van der Waals surface area contributed by atoms with E-state index >= 15 is 0 Å². The Kier molecular flexibility index (Phi) is 3.46. The minimum Gasteiger partial charge on any atom is -0.426 e. The van der Waals surface area contributed by atoms with Crippen LogP contribution in [0.5, 0.6) is 5.75 Å². The third-order valence-corrected chi connectivity index (χ3v) is 1.76. The van der Waals surface area contributed by atoms with Crippen molar-refractivity contribution in [2.24, 2.45) is 0 Å². The molecule has 0 N–H and O–H groups in total. The van der Waals surface area contributed by atoms with Crippen LogP contribution in [0, 0.1) is 0 Å². The Morgan fingerprint density at radius 1 is 0.722 bits per heavy atom. The molecule has 0 saturated heterocycles. The SMILES string of the molecule is FC(F)(F)c1ccc(OC(F)(F)C(F)(F)F)cc1. The highest BCUT2D eigenvalue weighted by atomic mass is 19.4. The molecule has 9 heteroatoms. The minimum absolute atomic E-state index is 0.335. The Bertz CT molecular complexity index is 402. The lowest BCUT2D eigenvalue weighted by atomic mass is 10.2. The lowest BCUT2D eigenvalue weighted by Crippen LogP contribution is -2.41. The van der Waals surface area contributed by atoms with Crippen molar-refractivity contribution in [3.05, 3.63) is 29.8 Å². The maximum atomic E-state index is 12.4. The average Bonchev–Trinajstić information content (AvgIpc) is 2.14. The van der Waals surface area contributed by atoms with Crippen molar-refractivity contribution in [2.75, 3.05) is 0 Å². The fourth-order valence-corrected chi connectivity index (χ4v) is 0.918. The highest BCUT2D eigenvalue weighted by Crippen LogP contribution is 2.38. The molecule has 0 saturated carbocycles. The van der Waals surface area contributed by atoms with Crippen LogP contribution in [-0.2, 0) is 6.18 Å². The number of benzene rings is 1. The summed E-state index contributed by atoms with van der Waals surface area (Å²) in [6, 6.07) is 1.43. The molecule has 0 radical (unpaired) electrons. The van der Waals surface area contributed by atoms with Gasteiger partial charge in [-0.3, -0.25) is 0 Å². The van der Waals surface area contributed by atoms with Crippen LogP contribution in [-0.4, -0.2) is 12.3 Å². The van der Waals surface area contributed by atoms with E-state index in [0.717, 1.165) is 0 Å². The molecule has 0 aliphatic carbocycles. The first-order chi connectivity index (χ1) is 7.93. The summed E-state index contributed by atoms with van der Waals surface area (Å²) < 4.78 is 99.5. The molecule has 0 heterocycles. The summed E-state index contributed by atoms with van der Waals surface area (Å²) in [6.45, 7) is 0. The van der Waals surface area contributed by atoms with Crippen molar-refractivity contribution in [1.82, 2.24) is 0 Å². The second kappa shape index (κ2) is 4.29. The zero-order chi connectivity index (χ0) is 14.2. The number of alkyl halides is 8. The minimum atomic E-state index is -5.95. The van der Waals surface area contributed by atoms with E-state index in [1.165, 1.54) is 0 Å². The Hall–Kier alpha value is -1.54. The van der Waals surface area contributed by atoms with Crippen molar-refractivity contribution >= 4 is 0 Å². The average molecular weight is 280 g/mol. The van der Waals surface area contributed by atoms with E-state index in [2.05, 4.69) is 4.74 Å². The van der Waals surface area contributed by atoms with E-state index in [-0.39, 0.29) is 0 Å². The summed E-state index contributed by atoms with van der Waals surface area (Å²) >= 11 is 0. The topological polar surface area (TPSA) is 9.23 Å². The van der Waals surface area contributed by atoms with Crippen LogP contribution >= 0.6 is 0 Å². The van der Waals surface area contributed by atoms with Crippen molar-refractivity contribution in [2.45, 2.75) is 18.5 Å². The number of hydrogen-bond acceptors (Lipinski definition) is 1. The van der Waals surface area contributed by atoms with Gasteiger partial charge in [-0.1, -0.05) is 0 Å². The highest BCUT2D eigenvalue weighted by Gasteiger charge is 2.61. The summed E-state index contributed by atoms with van der Waals surface area (Å²) in [5, 5.41) is 0. The van der Waals surface area contributed by atoms with E-state index in [1.807, 2.05) is 0 Å². The molecule has 0 spiro atoms. The summed E-state index contributed by atoms with van der Waals surface area (Å²) in [4.78, 5) is 0. The third-order valence-electron chi connectivity index (χ3n) is 1.76. The van der Waals surface area contributed by atoms with Crippen molar-refractivity contribution in [3.8, 4) is 5.75 Å². The predicted octanol–water partition coefficient (Wildman–Crippen LogP) is 4.24. The number of halogens is 8. The van der Waals surface area contributed by atoms with Gasteiger partial charge in [0.05, 0.1) is 5.56 Å². The van der Waals surface area contributed by atoms with Crippen LogP contribution in [0.3, 0.4) is 0 Å². The number of ether oxygens (including phenoxy) is 1. The molecule has 0 atom stereocenters. The van der Waals surface area contributed by atoms with Gasteiger partial charge in [-0.15, -0.1) is 0 Å². The maximum Gasteiger partial charge on any atom is 0.499 e. The van der Waals surface area contributed by atoms with Gasteiger partial charge in [0.2, 0.25) is 0 Å². The van der Waals surface area contributed by atoms with Crippen molar-refractivity contribution in [1.29, 1.82) is 0 Å². The zero-order valence-electron chi connectivity index (χ0n) is 8.24. The van der Waals surface area contributed by atoms with Gasteiger partial charge in [0.1, 0.15) is 5.75 Å². The molecule has 0 fully saturated rings. The van der Waals surface area contributed by atoms with E-state index in [0.29, 0.717) is 24.3 Å². The predicted molar refractivity (Wildman–Crippen MR) is 43.1 cm³/mol. The largest absolute Gasteiger partial charge is 0.499 e. The summed E-state index contributed by atoms with van der Waals surface area (Å²) in [5.41, 5.74) is -1.19. The van der Waals surface area contributed by atoms with Crippen LogP contribution in [0.15, 0.2) is 24.3 Å². The second-order valence-corrected chi connectivity index (χ2v) is 3.14. The molecule has 0 amide bonds. The molecule has 0 aromatic heterocycles. The molecular weight excluding hydrogens is 276 g/mol. The van der Waals surface area contributed by atoms with E-state index in [4.69, 9.17) is 0 Å². The lowest BCUT2D eigenvalue weighted by molar-refractivity contribution is -0.360. The van der Waals surface area contributed by atoms with Gasteiger partial charge >= 0.3 is 18.5 Å². The fourth-order valence-electron chi connectivity index (χ4n) is 0.918. The summed E-state index contributed by atoms with van der Waals surface area (Å²) in [5.74, 6) is -1.02. The van der Waals surface area contributed by atoms with Crippen LogP contribution in [0.4, 0.5) is 35.1 Å². The third kappa shape index (κ3) is 3.23. The molecule has 102 valence electrons. The molecular formula is C9H4F8O. The Balaban J connectivity index is 2.89.